The first-order valence-electron chi connectivity index (χ1n) is 24.0. The molecule has 74 heavy (non-hydrogen) atoms. The van der Waals surface area contributed by atoms with Crippen LogP contribution >= 0.6 is 8.60 Å². The monoisotopic (exact) mass is 1030 g/mol. The quantitative estimate of drug-likeness (QED) is 0.0373. The number of imidazole rings is 2. The van der Waals surface area contributed by atoms with E-state index in [0.717, 1.165) is 0 Å². The molecule has 2 aliphatic rings. The number of H-pyrrole nitrogens is 1. The van der Waals surface area contributed by atoms with Crippen molar-refractivity contribution in [2.45, 2.75) is 89.2 Å². The largest absolute Gasteiger partial charge is 0.497 e. The SMILES string of the molecule is CCC1O[C@@H](n2cnc3c(=O)[nH]c(NC(=O)C(C)C)nc32)[C@@H](OP(OCCC#N)OC[C@H]2OC(n3cnc4c(C)ncnc43)[C@@H](F)[C@H]2OC(c2ccccc2)(c2ccc(OC)cc2)c2ccc(OC)cc2)[C@H]1CO. The van der Waals surface area contributed by atoms with Crippen molar-refractivity contribution in [3.8, 4) is 17.6 Å². The van der Waals surface area contributed by atoms with Gasteiger partial charge in [-0.2, -0.15) is 10.2 Å². The van der Waals surface area contributed by atoms with E-state index in [1.165, 1.54) is 28.1 Å². The third-order valence-corrected chi connectivity index (χ3v) is 14.3. The summed E-state index contributed by atoms with van der Waals surface area (Å²) in [4.78, 5) is 50.6. The maximum atomic E-state index is 18.2. The van der Waals surface area contributed by atoms with Crippen LogP contribution in [0.5, 0.6) is 11.5 Å². The predicted molar refractivity (Wildman–Crippen MR) is 266 cm³/mol. The number of nitriles is 1. The molecule has 23 heteroatoms. The van der Waals surface area contributed by atoms with Gasteiger partial charge < -0.3 is 42.4 Å². The van der Waals surface area contributed by atoms with Crippen molar-refractivity contribution >= 4 is 42.8 Å². The topological polar surface area (TPSA) is 254 Å². The third-order valence-electron chi connectivity index (χ3n) is 13.1. The van der Waals surface area contributed by atoms with Gasteiger partial charge in [0.2, 0.25) is 11.9 Å². The minimum atomic E-state index is -2.48. The number of amides is 1. The lowest BCUT2D eigenvalue weighted by atomic mass is 9.79. The van der Waals surface area contributed by atoms with E-state index in [4.69, 9.17) is 37.3 Å². The fraction of sp³-hybridized carbons (Fsp3) is 0.412. The third kappa shape index (κ3) is 10.2. The number of aryl methyl sites for hydroxylation is 1. The van der Waals surface area contributed by atoms with Gasteiger partial charge in [-0.15, -0.1) is 0 Å². The molecular formula is C51H56FN10O11P. The number of halogens is 1. The number of alkyl halides is 1. The fourth-order valence-corrected chi connectivity index (χ4v) is 10.4. The molecule has 3 aromatic carbocycles. The standard InChI is InChI=1S/C51H56FN10O11P/c1-7-37-36(24-63)42(49(70-37)62-28-57-41-45(62)58-50(60-47(41)65)59-46(64)29(2)3)73-74(68-23-11-22-53)69-25-38-43(39(52)48(71-38)61-27-56-40-30(4)54-26-55-44(40)61)72-51(31-12-9-8-10-13-31,32-14-18-34(66-5)19-15-32)33-16-20-35(67-6)21-17-33/h8-10,12-21,26-29,36-39,42-43,48-49,63H,7,11,23-25H2,1-6H3,(H2,58,59,60,64,65)/t36-,37?,38+,39-,42-,43-,48?,49+,74?/m0/s1. The number of aromatic amines is 1. The molecule has 9 atom stereocenters. The summed E-state index contributed by atoms with van der Waals surface area (Å²) in [6.45, 7) is 6.14. The molecule has 388 valence electrons. The number of rotatable bonds is 21. The van der Waals surface area contributed by atoms with Gasteiger partial charge in [-0.3, -0.25) is 29.0 Å². The Bertz CT molecular complexity index is 3090. The molecule has 2 fully saturated rings. The van der Waals surface area contributed by atoms with Gasteiger partial charge in [-0.25, -0.2) is 24.3 Å². The van der Waals surface area contributed by atoms with Crippen molar-refractivity contribution in [3.63, 3.8) is 0 Å². The van der Waals surface area contributed by atoms with Crippen molar-refractivity contribution in [2.75, 3.05) is 39.4 Å². The Kier molecular flexibility index (Phi) is 16.0. The summed E-state index contributed by atoms with van der Waals surface area (Å²) < 4.78 is 72.4. The highest BCUT2D eigenvalue weighted by Crippen LogP contribution is 2.51. The normalized spacial score (nSPS) is 22.3. The molecule has 2 aliphatic heterocycles. The van der Waals surface area contributed by atoms with Gasteiger partial charge >= 0.3 is 8.60 Å². The zero-order valence-electron chi connectivity index (χ0n) is 41.4. The molecule has 7 aromatic rings. The molecule has 21 nitrogen and oxygen atoms in total. The number of fused-ring (bicyclic) bond motifs is 2. The Morgan fingerprint density at radius 1 is 0.878 bits per heavy atom. The van der Waals surface area contributed by atoms with Crippen molar-refractivity contribution in [3.05, 3.63) is 131 Å². The molecule has 3 N–H and O–H groups in total. The molecule has 0 aliphatic carbocycles. The Morgan fingerprint density at radius 2 is 1.51 bits per heavy atom. The molecule has 0 saturated carbocycles. The van der Waals surface area contributed by atoms with Gasteiger partial charge in [-0.1, -0.05) is 75.4 Å². The first kappa shape index (κ1) is 52.1. The summed E-state index contributed by atoms with van der Waals surface area (Å²) in [5.74, 6) is -0.394. The minimum Gasteiger partial charge on any atom is -0.497 e. The summed E-state index contributed by atoms with van der Waals surface area (Å²) >= 11 is 0. The van der Waals surface area contributed by atoms with Crippen LogP contribution < -0.4 is 20.3 Å². The van der Waals surface area contributed by atoms with Crippen LogP contribution in [0.25, 0.3) is 22.3 Å². The molecule has 9 rings (SSSR count). The molecule has 0 spiro atoms. The number of hydrogen-bond acceptors (Lipinski definition) is 17. The Balaban J connectivity index is 1.11. The van der Waals surface area contributed by atoms with E-state index in [1.54, 1.807) is 59.3 Å². The van der Waals surface area contributed by atoms with E-state index in [-0.39, 0.29) is 42.7 Å². The van der Waals surface area contributed by atoms with Crippen LogP contribution in [0.15, 0.2) is 103 Å². The Morgan fingerprint density at radius 3 is 2.14 bits per heavy atom. The maximum Gasteiger partial charge on any atom is 0.333 e. The second-order valence-electron chi connectivity index (χ2n) is 17.9. The van der Waals surface area contributed by atoms with Crippen LogP contribution in [-0.2, 0) is 38.2 Å². The first-order valence-corrected chi connectivity index (χ1v) is 25.1. The van der Waals surface area contributed by atoms with Crippen LogP contribution in [0, 0.1) is 30.1 Å². The molecule has 6 heterocycles. The van der Waals surface area contributed by atoms with Crippen molar-refractivity contribution < 1.29 is 51.5 Å². The fourth-order valence-electron chi connectivity index (χ4n) is 9.27. The van der Waals surface area contributed by atoms with Gasteiger partial charge in [0, 0.05) is 11.8 Å². The molecule has 3 unspecified atom stereocenters. The molecule has 4 aromatic heterocycles. The number of aliphatic hydroxyl groups is 1. The van der Waals surface area contributed by atoms with Crippen LogP contribution in [0.3, 0.4) is 0 Å². The number of nitrogens with one attached hydrogen (secondary N) is 2. The lowest BCUT2D eigenvalue weighted by molar-refractivity contribution is -0.118. The number of carbonyl (C=O) groups excluding carboxylic acids is 1. The number of methoxy groups -OCH3 is 2. The summed E-state index contributed by atoms with van der Waals surface area (Å²) in [6.07, 6.45) is -3.97. The molecule has 0 bridgehead atoms. The van der Waals surface area contributed by atoms with Crippen molar-refractivity contribution in [1.29, 1.82) is 5.26 Å². The summed E-state index contributed by atoms with van der Waals surface area (Å²) in [7, 11) is 0.657. The average molecular weight is 1040 g/mol. The lowest BCUT2D eigenvalue weighted by Crippen LogP contribution is -2.44. The van der Waals surface area contributed by atoms with E-state index in [9.17, 15) is 20.0 Å². The van der Waals surface area contributed by atoms with Crippen LogP contribution in [0.1, 0.15) is 68.5 Å². The number of hydrogen-bond donors (Lipinski definition) is 3. The van der Waals surface area contributed by atoms with Gasteiger partial charge in [0.1, 0.15) is 47.3 Å². The zero-order valence-corrected chi connectivity index (χ0v) is 42.3. The van der Waals surface area contributed by atoms with Gasteiger partial charge in [0.15, 0.2) is 35.4 Å². The maximum absolute atomic E-state index is 18.2. The van der Waals surface area contributed by atoms with Gasteiger partial charge in [-0.05, 0) is 54.3 Å². The second kappa shape index (κ2) is 22.8. The van der Waals surface area contributed by atoms with Gasteiger partial charge in [0.05, 0.1) is 71.0 Å². The highest BCUT2D eigenvalue weighted by atomic mass is 31.2. The predicted octanol–water partition coefficient (Wildman–Crippen LogP) is 6.97. The number of ether oxygens (including phenoxy) is 5. The van der Waals surface area contributed by atoms with E-state index in [1.807, 2.05) is 61.5 Å². The van der Waals surface area contributed by atoms with E-state index in [2.05, 4.69) is 41.3 Å². The van der Waals surface area contributed by atoms with Crippen molar-refractivity contribution in [2.24, 2.45) is 11.8 Å². The smallest absolute Gasteiger partial charge is 0.333 e. The highest BCUT2D eigenvalue weighted by molar-refractivity contribution is 7.41. The van der Waals surface area contributed by atoms with E-state index in [0.29, 0.717) is 51.5 Å². The highest BCUT2D eigenvalue weighted by Gasteiger charge is 2.54. The number of anilines is 1. The summed E-state index contributed by atoms with van der Waals surface area (Å²) in [5, 5.41) is 23.2. The van der Waals surface area contributed by atoms with Gasteiger partial charge in [0.25, 0.3) is 5.56 Å². The molecule has 1 amide bonds. The minimum absolute atomic E-state index is 0.0397. The number of aromatic nitrogens is 8. The number of nitrogens with zero attached hydrogens (tertiary/aromatic N) is 8. The second-order valence-corrected chi connectivity index (χ2v) is 19.1. The molecule has 0 radical (unpaired) electrons. The first-order chi connectivity index (χ1) is 35.9. The Hall–Kier alpha value is -6.80. The number of aliphatic hydroxyl groups excluding tert-OH is 1. The van der Waals surface area contributed by atoms with Crippen LogP contribution in [-0.4, -0.2) is 115 Å². The summed E-state index contributed by atoms with van der Waals surface area (Å²) in [5.41, 5.74) is 1.22. The van der Waals surface area contributed by atoms with E-state index >= 15 is 4.39 Å². The van der Waals surface area contributed by atoms with E-state index < -0.39 is 81.2 Å². The van der Waals surface area contributed by atoms with Crippen molar-refractivity contribution in [1.82, 2.24) is 39.0 Å². The average Bonchev–Trinajstić information content (AvgIpc) is 4.21. The molecule has 2 saturated heterocycles. The summed E-state index contributed by atoms with van der Waals surface area (Å²) in [6, 6.07) is 26.2. The lowest BCUT2D eigenvalue weighted by Gasteiger charge is -2.39. The Labute approximate surface area is 425 Å². The zero-order chi connectivity index (χ0) is 52.1. The number of benzene rings is 3. The van der Waals surface area contributed by atoms with Crippen LogP contribution in [0.2, 0.25) is 0 Å². The molecular weight excluding hydrogens is 979 g/mol. The van der Waals surface area contributed by atoms with Crippen LogP contribution in [0.4, 0.5) is 10.3 Å². The number of carbonyl (C=O) groups is 1.